The molecule has 0 aliphatic heterocycles. The second-order valence-electron chi connectivity index (χ2n) is 6.52. The molecule has 9 heteroatoms. The third-order valence-electron chi connectivity index (χ3n) is 4.16. The summed E-state index contributed by atoms with van der Waals surface area (Å²) in [5.41, 5.74) is 4.69. The molecule has 0 aliphatic rings. The zero-order chi connectivity index (χ0) is 21.1. The topological polar surface area (TPSA) is 94.4 Å². The number of aromatic nitrogens is 1. The Morgan fingerprint density at radius 3 is 2.59 bits per heavy atom. The van der Waals surface area contributed by atoms with Crippen LogP contribution in [0.2, 0.25) is 0 Å². The van der Waals surface area contributed by atoms with Crippen molar-refractivity contribution in [2.24, 2.45) is 0 Å². The van der Waals surface area contributed by atoms with Crippen LogP contribution in [0.15, 0.2) is 35.7 Å². The summed E-state index contributed by atoms with van der Waals surface area (Å²) in [5, 5.41) is 15.8. The summed E-state index contributed by atoms with van der Waals surface area (Å²) in [6.45, 7) is 5.53. The van der Waals surface area contributed by atoms with Gasteiger partial charge in [0.15, 0.2) is 11.7 Å². The van der Waals surface area contributed by atoms with Crippen LogP contribution in [-0.2, 0) is 4.79 Å². The number of aryl methyl sites for hydroxylation is 3. The number of thiazole rings is 1. The normalized spacial score (nSPS) is 10.6. The number of carbonyl (C=O) groups is 1. The molecule has 0 aliphatic carbocycles. The average Bonchev–Trinajstić information content (AvgIpc) is 3.06. The van der Waals surface area contributed by atoms with Crippen molar-refractivity contribution in [2.75, 3.05) is 11.9 Å². The number of amides is 1. The van der Waals surface area contributed by atoms with Crippen molar-refractivity contribution < 1.29 is 18.8 Å². The number of carbonyl (C=O) groups excluding carboxylic acids is 1. The fourth-order valence-corrected chi connectivity index (χ4v) is 3.80. The molecular formula is C20H18FN3O4S. The molecule has 0 radical (unpaired) electrons. The van der Waals surface area contributed by atoms with Crippen molar-refractivity contribution in [1.82, 2.24) is 4.98 Å². The molecule has 7 nitrogen and oxygen atoms in total. The lowest BCUT2D eigenvalue weighted by Gasteiger charge is -2.09. The Morgan fingerprint density at radius 1 is 1.24 bits per heavy atom. The van der Waals surface area contributed by atoms with Crippen LogP contribution in [-0.4, -0.2) is 22.4 Å². The van der Waals surface area contributed by atoms with Gasteiger partial charge in [-0.2, -0.15) is 0 Å². The quantitative estimate of drug-likeness (QED) is 0.461. The van der Waals surface area contributed by atoms with Crippen LogP contribution < -0.4 is 10.1 Å². The van der Waals surface area contributed by atoms with Gasteiger partial charge in [0.25, 0.3) is 5.91 Å². The maximum Gasteiger partial charge on any atom is 0.311 e. The van der Waals surface area contributed by atoms with Gasteiger partial charge in [-0.15, -0.1) is 11.3 Å². The molecular weight excluding hydrogens is 397 g/mol. The molecule has 3 aromatic rings. The highest BCUT2D eigenvalue weighted by Crippen LogP contribution is 2.31. The number of nitro groups is 1. The van der Waals surface area contributed by atoms with Gasteiger partial charge in [0.1, 0.15) is 5.82 Å². The van der Waals surface area contributed by atoms with Crippen LogP contribution in [0.5, 0.6) is 5.75 Å². The van der Waals surface area contributed by atoms with E-state index >= 15 is 0 Å². The average molecular weight is 415 g/mol. The summed E-state index contributed by atoms with van der Waals surface area (Å²) in [5.74, 6) is -1.56. The minimum absolute atomic E-state index is 0.309. The van der Waals surface area contributed by atoms with Gasteiger partial charge in [0.05, 0.1) is 10.6 Å². The molecule has 0 spiro atoms. The SMILES string of the molecule is Cc1cc(C)c(-c2csc(NC(=O)COc3cc(F)ccc3[N+](=O)[O-])n2)c(C)c1. The molecule has 0 unspecified atom stereocenters. The molecule has 0 fully saturated rings. The van der Waals surface area contributed by atoms with Gasteiger partial charge in [0, 0.05) is 23.1 Å². The number of benzene rings is 2. The first-order valence-corrected chi connectivity index (χ1v) is 9.53. The Morgan fingerprint density at radius 2 is 1.93 bits per heavy atom. The lowest BCUT2D eigenvalue weighted by atomic mass is 9.98. The first-order valence-electron chi connectivity index (χ1n) is 8.65. The van der Waals surface area contributed by atoms with Gasteiger partial charge in [-0.3, -0.25) is 20.2 Å². The van der Waals surface area contributed by atoms with Crippen molar-refractivity contribution in [3.63, 3.8) is 0 Å². The van der Waals surface area contributed by atoms with Gasteiger partial charge in [-0.05, 0) is 38.0 Å². The number of nitro benzene ring substituents is 1. The number of hydrogen-bond donors (Lipinski definition) is 1. The number of rotatable bonds is 6. The number of ether oxygens (including phenoxy) is 1. The van der Waals surface area contributed by atoms with Crippen LogP contribution in [0.4, 0.5) is 15.2 Å². The highest BCUT2D eigenvalue weighted by molar-refractivity contribution is 7.14. The van der Waals surface area contributed by atoms with E-state index in [0.717, 1.165) is 46.1 Å². The number of halogens is 1. The molecule has 1 heterocycles. The second kappa shape index (κ2) is 8.36. The number of hydrogen-bond acceptors (Lipinski definition) is 6. The number of nitrogens with one attached hydrogen (secondary N) is 1. The van der Waals surface area contributed by atoms with Crippen molar-refractivity contribution in [1.29, 1.82) is 0 Å². The van der Waals surface area contributed by atoms with E-state index in [1.165, 1.54) is 11.3 Å². The lowest BCUT2D eigenvalue weighted by molar-refractivity contribution is -0.385. The van der Waals surface area contributed by atoms with Gasteiger partial charge in [-0.25, -0.2) is 9.37 Å². The fraction of sp³-hybridized carbons (Fsp3) is 0.200. The lowest BCUT2D eigenvalue weighted by Crippen LogP contribution is -2.20. The summed E-state index contributed by atoms with van der Waals surface area (Å²) in [4.78, 5) is 26.9. The van der Waals surface area contributed by atoms with E-state index in [1.807, 2.05) is 26.2 Å². The van der Waals surface area contributed by atoms with Crippen LogP contribution in [0.1, 0.15) is 16.7 Å². The van der Waals surface area contributed by atoms with Crippen molar-refractivity contribution in [3.05, 3.63) is 68.3 Å². The first kappa shape index (κ1) is 20.4. The molecule has 150 valence electrons. The zero-order valence-corrected chi connectivity index (χ0v) is 16.8. The van der Waals surface area contributed by atoms with E-state index in [1.54, 1.807) is 0 Å². The number of nitrogens with zero attached hydrogens (tertiary/aromatic N) is 2. The van der Waals surface area contributed by atoms with Crippen molar-refractivity contribution >= 4 is 28.1 Å². The standard InChI is InChI=1S/C20H18FN3O4S/c1-11-6-12(2)19(13(3)7-11)15-10-29-20(22-15)23-18(25)9-28-17-8-14(21)4-5-16(17)24(26)27/h4-8,10H,9H2,1-3H3,(H,22,23,25). The van der Waals surface area contributed by atoms with Crippen LogP contribution in [0.25, 0.3) is 11.3 Å². The molecule has 0 atom stereocenters. The molecule has 1 amide bonds. The van der Waals surface area contributed by atoms with Gasteiger partial charge >= 0.3 is 5.69 Å². The van der Waals surface area contributed by atoms with E-state index in [4.69, 9.17) is 4.74 Å². The smallest absolute Gasteiger partial charge is 0.311 e. The van der Waals surface area contributed by atoms with E-state index in [9.17, 15) is 19.3 Å². The summed E-state index contributed by atoms with van der Waals surface area (Å²) < 4.78 is 18.5. The first-order chi connectivity index (χ1) is 13.7. The molecule has 29 heavy (non-hydrogen) atoms. The van der Waals surface area contributed by atoms with E-state index in [-0.39, 0.29) is 5.75 Å². The summed E-state index contributed by atoms with van der Waals surface area (Å²) >= 11 is 1.26. The fourth-order valence-electron chi connectivity index (χ4n) is 3.08. The summed E-state index contributed by atoms with van der Waals surface area (Å²) in [6.07, 6.45) is 0. The highest BCUT2D eigenvalue weighted by Gasteiger charge is 2.18. The Hall–Kier alpha value is -3.33. The summed E-state index contributed by atoms with van der Waals surface area (Å²) in [7, 11) is 0. The second-order valence-corrected chi connectivity index (χ2v) is 7.38. The molecule has 3 rings (SSSR count). The minimum Gasteiger partial charge on any atom is -0.477 e. The third-order valence-corrected chi connectivity index (χ3v) is 4.92. The number of anilines is 1. The van der Waals surface area contributed by atoms with Crippen LogP contribution in [0, 0.1) is 36.7 Å². The van der Waals surface area contributed by atoms with Crippen molar-refractivity contribution in [2.45, 2.75) is 20.8 Å². The van der Waals surface area contributed by atoms with Crippen LogP contribution >= 0.6 is 11.3 Å². The van der Waals surface area contributed by atoms with Crippen LogP contribution in [0.3, 0.4) is 0 Å². The van der Waals surface area contributed by atoms with Crippen molar-refractivity contribution in [3.8, 4) is 17.0 Å². The predicted molar refractivity (Wildman–Crippen MR) is 109 cm³/mol. The molecule has 2 aromatic carbocycles. The Bertz CT molecular complexity index is 1070. The third kappa shape index (κ3) is 4.75. The van der Waals surface area contributed by atoms with E-state index in [2.05, 4.69) is 22.4 Å². The van der Waals surface area contributed by atoms with E-state index < -0.39 is 28.9 Å². The molecule has 0 saturated heterocycles. The van der Waals surface area contributed by atoms with Gasteiger partial charge in [0.2, 0.25) is 5.75 Å². The summed E-state index contributed by atoms with van der Waals surface area (Å²) in [6, 6.07) is 6.95. The monoisotopic (exact) mass is 415 g/mol. The highest BCUT2D eigenvalue weighted by atomic mass is 32.1. The Kier molecular flexibility index (Phi) is 5.88. The Labute approximate surface area is 170 Å². The minimum atomic E-state index is -0.702. The molecule has 0 saturated carbocycles. The Balaban J connectivity index is 1.69. The maximum atomic E-state index is 13.3. The van der Waals surface area contributed by atoms with Gasteiger partial charge < -0.3 is 4.74 Å². The molecule has 1 aromatic heterocycles. The largest absolute Gasteiger partial charge is 0.477 e. The predicted octanol–water partition coefficient (Wildman–Crippen LogP) is 4.80. The zero-order valence-electron chi connectivity index (χ0n) is 16.0. The van der Waals surface area contributed by atoms with E-state index in [0.29, 0.717) is 5.13 Å². The molecule has 0 bridgehead atoms. The van der Waals surface area contributed by atoms with Gasteiger partial charge in [-0.1, -0.05) is 17.7 Å². The molecule has 1 N–H and O–H groups in total. The maximum absolute atomic E-state index is 13.3.